The van der Waals surface area contributed by atoms with Gasteiger partial charge in [-0.3, -0.25) is 0 Å². The van der Waals surface area contributed by atoms with E-state index in [1.807, 2.05) is 0 Å². The predicted molar refractivity (Wildman–Crippen MR) is 67.9 cm³/mol. The van der Waals surface area contributed by atoms with Crippen molar-refractivity contribution < 1.29 is 14.6 Å². The van der Waals surface area contributed by atoms with E-state index in [1.54, 1.807) is 6.08 Å². The topological polar surface area (TPSA) is 46.5 Å². The van der Waals surface area contributed by atoms with Crippen molar-refractivity contribution in [1.82, 2.24) is 0 Å². The summed E-state index contributed by atoms with van der Waals surface area (Å²) in [4.78, 5) is 11.4. The van der Waals surface area contributed by atoms with E-state index in [0.717, 1.165) is 12.8 Å². The third-order valence-electron chi connectivity index (χ3n) is 3.87. The molecule has 0 unspecified atom stereocenters. The normalized spacial score (nSPS) is 29.2. The van der Waals surface area contributed by atoms with E-state index in [-0.39, 0.29) is 0 Å². The minimum atomic E-state index is -0.936. The zero-order chi connectivity index (χ0) is 12.9. The van der Waals surface area contributed by atoms with Crippen molar-refractivity contribution in [2.45, 2.75) is 51.6 Å². The largest absolute Gasteiger partial charge is 0.479 e. The highest BCUT2D eigenvalue weighted by atomic mass is 16.5. The van der Waals surface area contributed by atoms with Crippen LogP contribution in [0.25, 0.3) is 0 Å². The highest BCUT2D eigenvalue weighted by Gasteiger charge is 2.43. The molecule has 98 valence electrons. The van der Waals surface area contributed by atoms with Gasteiger partial charge in [0, 0.05) is 0 Å². The Morgan fingerprint density at radius 2 is 2.12 bits per heavy atom. The molecule has 1 N–H and O–H groups in total. The van der Waals surface area contributed by atoms with Gasteiger partial charge in [0.15, 0.2) is 5.60 Å². The minimum absolute atomic E-state index is 0.460. The smallest absolute Gasteiger partial charge is 0.335 e. The third kappa shape index (κ3) is 3.56. The Bertz CT molecular complexity index is 263. The lowest BCUT2D eigenvalue weighted by Gasteiger charge is -2.38. The SMILES string of the molecule is C=CCCOC1(C(=O)O)CCC(C(C)C)CC1. The van der Waals surface area contributed by atoms with Gasteiger partial charge in [-0.2, -0.15) is 0 Å². The van der Waals surface area contributed by atoms with E-state index < -0.39 is 11.6 Å². The van der Waals surface area contributed by atoms with Crippen LogP contribution in [0.15, 0.2) is 12.7 Å². The van der Waals surface area contributed by atoms with Gasteiger partial charge in [-0.15, -0.1) is 6.58 Å². The molecule has 3 heteroatoms. The molecule has 0 amide bonds. The van der Waals surface area contributed by atoms with Crippen LogP contribution in [-0.4, -0.2) is 23.3 Å². The summed E-state index contributed by atoms with van der Waals surface area (Å²) in [7, 11) is 0. The van der Waals surface area contributed by atoms with Gasteiger partial charge < -0.3 is 9.84 Å². The molecule has 1 rings (SSSR count). The zero-order valence-electron chi connectivity index (χ0n) is 10.9. The van der Waals surface area contributed by atoms with Gasteiger partial charge >= 0.3 is 5.97 Å². The van der Waals surface area contributed by atoms with Gasteiger partial charge in [0.2, 0.25) is 0 Å². The maximum Gasteiger partial charge on any atom is 0.335 e. The zero-order valence-corrected chi connectivity index (χ0v) is 10.9. The summed E-state index contributed by atoms with van der Waals surface area (Å²) < 4.78 is 5.63. The van der Waals surface area contributed by atoms with E-state index in [2.05, 4.69) is 20.4 Å². The van der Waals surface area contributed by atoms with Crippen molar-refractivity contribution in [3.63, 3.8) is 0 Å². The molecule has 0 aromatic carbocycles. The fourth-order valence-corrected chi connectivity index (χ4v) is 2.53. The van der Waals surface area contributed by atoms with Gasteiger partial charge in [-0.25, -0.2) is 4.79 Å². The molecule has 0 aromatic heterocycles. The van der Waals surface area contributed by atoms with Gasteiger partial charge in [0.1, 0.15) is 0 Å². The molecule has 0 heterocycles. The summed E-state index contributed by atoms with van der Waals surface area (Å²) in [5, 5.41) is 9.36. The van der Waals surface area contributed by atoms with Crippen molar-refractivity contribution in [1.29, 1.82) is 0 Å². The molecule has 0 atom stereocenters. The van der Waals surface area contributed by atoms with Crippen LogP contribution in [-0.2, 0) is 9.53 Å². The van der Waals surface area contributed by atoms with Crippen LogP contribution >= 0.6 is 0 Å². The summed E-state index contributed by atoms with van der Waals surface area (Å²) in [6.07, 6.45) is 5.67. The number of carboxylic acids is 1. The highest BCUT2D eigenvalue weighted by molar-refractivity contribution is 5.77. The van der Waals surface area contributed by atoms with E-state index in [1.165, 1.54) is 0 Å². The molecule has 0 radical (unpaired) electrons. The number of rotatable bonds is 6. The quantitative estimate of drug-likeness (QED) is 0.572. The molecule has 3 nitrogen and oxygen atoms in total. The van der Waals surface area contributed by atoms with E-state index in [0.29, 0.717) is 37.7 Å². The first-order valence-corrected chi connectivity index (χ1v) is 6.50. The molecule has 1 aliphatic carbocycles. The number of hydrogen-bond acceptors (Lipinski definition) is 2. The first kappa shape index (κ1) is 14.2. The molecule has 0 spiro atoms. The number of hydrogen-bond donors (Lipinski definition) is 1. The predicted octanol–water partition coefficient (Wildman–Crippen LogP) is 3.25. The Morgan fingerprint density at radius 1 is 1.53 bits per heavy atom. The summed E-state index contributed by atoms with van der Waals surface area (Å²) in [6.45, 7) is 8.49. The van der Waals surface area contributed by atoms with Gasteiger partial charge in [0.25, 0.3) is 0 Å². The van der Waals surface area contributed by atoms with Gasteiger partial charge in [0.05, 0.1) is 6.61 Å². The lowest BCUT2D eigenvalue weighted by Crippen LogP contribution is -2.45. The molecule has 0 aliphatic heterocycles. The fraction of sp³-hybridized carbons (Fsp3) is 0.786. The highest BCUT2D eigenvalue weighted by Crippen LogP contribution is 2.38. The van der Waals surface area contributed by atoms with Crippen LogP contribution in [0, 0.1) is 11.8 Å². The van der Waals surface area contributed by atoms with E-state index in [4.69, 9.17) is 4.74 Å². The lowest BCUT2D eigenvalue weighted by molar-refractivity contribution is -0.172. The van der Waals surface area contributed by atoms with Crippen LogP contribution in [0.3, 0.4) is 0 Å². The average molecular weight is 240 g/mol. The van der Waals surface area contributed by atoms with Gasteiger partial charge in [-0.05, 0) is 43.9 Å². The molecule has 1 saturated carbocycles. The second kappa shape index (κ2) is 6.20. The first-order valence-electron chi connectivity index (χ1n) is 6.50. The molecule has 17 heavy (non-hydrogen) atoms. The van der Waals surface area contributed by atoms with Crippen molar-refractivity contribution in [2.75, 3.05) is 6.61 Å². The molecule has 0 aromatic rings. The van der Waals surface area contributed by atoms with E-state index >= 15 is 0 Å². The van der Waals surface area contributed by atoms with Crippen LogP contribution < -0.4 is 0 Å². The van der Waals surface area contributed by atoms with Crippen LogP contribution in [0.4, 0.5) is 0 Å². The summed E-state index contributed by atoms with van der Waals surface area (Å²) in [5.41, 5.74) is -0.936. The first-order chi connectivity index (χ1) is 8.02. The molecule has 0 saturated heterocycles. The lowest BCUT2D eigenvalue weighted by atomic mass is 9.74. The summed E-state index contributed by atoms with van der Waals surface area (Å²) in [6, 6.07) is 0. The van der Waals surface area contributed by atoms with Crippen LogP contribution in [0.5, 0.6) is 0 Å². The number of carbonyl (C=O) groups is 1. The van der Waals surface area contributed by atoms with Crippen molar-refractivity contribution in [3.05, 3.63) is 12.7 Å². The second-order valence-electron chi connectivity index (χ2n) is 5.31. The van der Waals surface area contributed by atoms with Crippen molar-refractivity contribution in [2.24, 2.45) is 11.8 Å². The second-order valence-corrected chi connectivity index (χ2v) is 5.31. The molecular formula is C14H24O3. The monoisotopic (exact) mass is 240 g/mol. The number of ether oxygens (including phenoxy) is 1. The Hall–Kier alpha value is -0.830. The molecule has 0 bridgehead atoms. The molecule has 1 aliphatic rings. The average Bonchev–Trinajstić information content (AvgIpc) is 2.29. The summed E-state index contributed by atoms with van der Waals surface area (Å²) >= 11 is 0. The van der Waals surface area contributed by atoms with Crippen LogP contribution in [0.2, 0.25) is 0 Å². The maximum absolute atomic E-state index is 11.4. The van der Waals surface area contributed by atoms with Gasteiger partial charge in [-0.1, -0.05) is 19.9 Å². The molecule has 1 fully saturated rings. The maximum atomic E-state index is 11.4. The van der Waals surface area contributed by atoms with Crippen LogP contribution in [0.1, 0.15) is 46.0 Å². The Kier molecular flexibility index (Phi) is 5.19. The Labute approximate surface area is 104 Å². The van der Waals surface area contributed by atoms with Crippen molar-refractivity contribution >= 4 is 5.97 Å². The Balaban J connectivity index is 2.57. The van der Waals surface area contributed by atoms with E-state index in [9.17, 15) is 9.90 Å². The number of carboxylic acid groups (broad SMARTS) is 1. The Morgan fingerprint density at radius 3 is 2.53 bits per heavy atom. The summed E-state index contributed by atoms with van der Waals surface area (Å²) in [5.74, 6) is 0.476. The van der Waals surface area contributed by atoms with Crippen molar-refractivity contribution in [3.8, 4) is 0 Å². The standard InChI is InChI=1S/C14H24O3/c1-4-5-10-17-14(13(15)16)8-6-12(7-9-14)11(2)3/h4,11-12H,1,5-10H2,2-3H3,(H,15,16). The fourth-order valence-electron chi connectivity index (χ4n) is 2.53. The molecular weight excluding hydrogens is 216 g/mol. The third-order valence-corrected chi connectivity index (χ3v) is 3.87. The minimum Gasteiger partial charge on any atom is -0.479 e. The number of aliphatic carboxylic acids is 1.